The molecule has 0 N–H and O–H groups in total. The Bertz CT molecular complexity index is 1350. The summed E-state index contributed by atoms with van der Waals surface area (Å²) in [5.74, 6) is 0. The van der Waals surface area contributed by atoms with Gasteiger partial charge in [-0.3, -0.25) is 0 Å². The molecule has 0 saturated heterocycles. The number of benzene rings is 3. The van der Waals surface area contributed by atoms with Gasteiger partial charge < -0.3 is 4.42 Å². The van der Waals surface area contributed by atoms with Crippen LogP contribution in [0.1, 0.15) is 0 Å². The second-order valence-electron chi connectivity index (χ2n) is 6.22. The molecule has 0 spiro atoms. The van der Waals surface area contributed by atoms with Gasteiger partial charge >= 0.3 is 5.63 Å². The maximum atomic E-state index is 12.6. The first-order valence-corrected chi connectivity index (χ1v) is 9.27. The summed E-state index contributed by atoms with van der Waals surface area (Å²) >= 11 is 3.50. The highest BCUT2D eigenvalue weighted by Gasteiger charge is 2.20. The largest absolute Gasteiger partial charge is 0.418 e. The molecule has 0 saturated carbocycles. The van der Waals surface area contributed by atoms with E-state index in [0.717, 1.165) is 26.6 Å². The number of hydrogen-bond donors (Lipinski definition) is 0. The summed E-state index contributed by atoms with van der Waals surface area (Å²) in [6, 6.07) is 25.1. The van der Waals surface area contributed by atoms with E-state index in [1.54, 1.807) is 6.07 Å². The van der Waals surface area contributed by atoms with Crippen LogP contribution in [0.15, 0.2) is 92.5 Å². The molecule has 0 aliphatic heterocycles. The van der Waals surface area contributed by atoms with E-state index in [1.165, 1.54) is 0 Å². The SMILES string of the molecule is O=c1oc2c(-c3cccc(Br)c3)nn(-c3ccccc3)c2c2ccccc12. The number of fused-ring (bicyclic) bond motifs is 3. The van der Waals surface area contributed by atoms with Crippen molar-refractivity contribution in [2.24, 2.45) is 0 Å². The minimum atomic E-state index is -0.359. The zero-order valence-electron chi connectivity index (χ0n) is 14.1. The molecule has 4 nitrogen and oxygen atoms in total. The fourth-order valence-corrected chi connectivity index (χ4v) is 3.73. The van der Waals surface area contributed by atoms with Gasteiger partial charge in [0.05, 0.1) is 11.1 Å². The van der Waals surface area contributed by atoms with E-state index in [0.29, 0.717) is 16.7 Å². The van der Waals surface area contributed by atoms with E-state index in [9.17, 15) is 4.79 Å². The highest BCUT2D eigenvalue weighted by Crippen LogP contribution is 2.33. The minimum absolute atomic E-state index is 0.359. The molecule has 2 aromatic heterocycles. The molecule has 0 radical (unpaired) electrons. The average molecular weight is 417 g/mol. The molecule has 5 rings (SSSR count). The molecule has 5 aromatic rings. The number of para-hydroxylation sites is 1. The Balaban J connectivity index is 1.97. The summed E-state index contributed by atoms with van der Waals surface area (Å²) in [5, 5.41) is 6.19. The summed E-state index contributed by atoms with van der Waals surface area (Å²) in [5.41, 5.74) is 3.33. The van der Waals surface area contributed by atoms with Gasteiger partial charge in [0.2, 0.25) is 0 Å². The third kappa shape index (κ3) is 2.59. The fraction of sp³-hybridized carbons (Fsp3) is 0. The van der Waals surface area contributed by atoms with Crippen LogP contribution < -0.4 is 5.63 Å². The smallest absolute Gasteiger partial charge is 0.344 e. The predicted octanol–water partition coefficient (Wildman–Crippen LogP) is 5.56. The topological polar surface area (TPSA) is 48.0 Å². The highest BCUT2D eigenvalue weighted by molar-refractivity contribution is 9.10. The van der Waals surface area contributed by atoms with E-state index >= 15 is 0 Å². The lowest BCUT2D eigenvalue weighted by molar-refractivity contribution is 0.570. The van der Waals surface area contributed by atoms with Gasteiger partial charge in [-0.1, -0.05) is 64.5 Å². The lowest BCUT2D eigenvalue weighted by Gasteiger charge is -2.04. The molecule has 2 heterocycles. The molecular weight excluding hydrogens is 404 g/mol. The molecule has 0 fully saturated rings. The van der Waals surface area contributed by atoms with E-state index < -0.39 is 0 Å². The van der Waals surface area contributed by atoms with E-state index in [1.807, 2.05) is 77.5 Å². The quantitative estimate of drug-likeness (QED) is 0.378. The third-order valence-electron chi connectivity index (χ3n) is 4.54. The maximum absolute atomic E-state index is 12.6. The Morgan fingerprint density at radius 1 is 0.852 bits per heavy atom. The molecule has 3 aromatic carbocycles. The Hall–Kier alpha value is -3.18. The van der Waals surface area contributed by atoms with Crippen LogP contribution in [0, 0.1) is 0 Å². The summed E-state index contributed by atoms with van der Waals surface area (Å²) < 4.78 is 8.53. The number of hydrogen-bond acceptors (Lipinski definition) is 3. The van der Waals surface area contributed by atoms with Crippen LogP contribution in [-0.4, -0.2) is 9.78 Å². The van der Waals surface area contributed by atoms with Gasteiger partial charge in [-0.25, -0.2) is 9.48 Å². The molecule has 0 bridgehead atoms. The van der Waals surface area contributed by atoms with Gasteiger partial charge in [-0.2, -0.15) is 5.10 Å². The van der Waals surface area contributed by atoms with Crippen molar-refractivity contribution in [3.05, 3.63) is 93.8 Å². The molecular formula is C22H13BrN2O2. The van der Waals surface area contributed by atoms with Gasteiger partial charge in [0, 0.05) is 15.4 Å². The molecule has 130 valence electrons. The molecule has 0 amide bonds. The Kier molecular flexibility index (Phi) is 3.69. The molecule has 0 aliphatic carbocycles. The number of halogens is 1. The van der Waals surface area contributed by atoms with Crippen molar-refractivity contribution in [1.82, 2.24) is 9.78 Å². The van der Waals surface area contributed by atoms with Gasteiger partial charge in [0.15, 0.2) is 5.58 Å². The van der Waals surface area contributed by atoms with Crippen molar-refractivity contribution in [3.63, 3.8) is 0 Å². The van der Waals surface area contributed by atoms with Crippen LogP contribution >= 0.6 is 15.9 Å². The van der Waals surface area contributed by atoms with Crippen LogP contribution in [-0.2, 0) is 0 Å². The van der Waals surface area contributed by atoms with Gasteiger partial charge in [0.25, 0.3) is 0 Å². The average Bonchev–Trinajstić information content (AvgIpc) is 3.08. The van der Waals surface area contributed by atoms with Crippen molar-refractivity contribution in [2.75, 3.05) is 0 Å². The molecule has 0 unspecified atom stereocenters. The monoisotopic (exact) mass is 416 g/mol. The normalized spacial score (nSPS) is 11.3. The molecule has 5 heteroatoms. The first-order chi connectivity index (χ1) is 13.2. The summed E-state index contributed by atoms with van der Waals surface area (Å²) in [4.78, 5) is 12.6. The van der Waals surface area contributed by atoms with Crippen molar-refractivity contribution in [3.8, 4) is 16.9 Å². The third-order valence-corrected chi connectivity index (χ3v) is 5.03. The van der Waals surface area contributed by atoms with Crippen molar-refractivity contribution in [2.45, 2.75) is 0 Å². The van der Waals surface area contributed by atoms with Crippen LogP contribution in [0.25, 0.3) is 38.8 Å². The van der Waals surface area contributed by atoms with Crippen LogP contribution in [0.5, 0.6) is 0 Å². The lowest BCUT2D eigenvalue weighted by Crippen LogP contribution is -2.01. The van der Waals surface area contributed by atoms with Gasteiger partial charge in [-0.15, -0.1) is 0 Å². The Labute approximate surface area is 162 Å². The molecule has 27 heavy (non-hydrogen) atoms. The van der Waals surface area contributed by atoms with E-state index in [-0.39, 0.29) is 5.63 Å². The van der Waals surface area contributed by atoms with Crippen LogP contribution in [0.4, 0.5) is 0 Å². The van der Waals surface area contributed by atoms with E-state index in [4.69, 9.17) is 9.52 Å². The second-order valence-corrected chi connectivity index (χ2v) is 7.13. The number of nitrogens with zero attached hydrogens (tertiary/aromatic N) is 2. The van der Waals surface area contributed by atoms with Crippen LogP contribution in [0.2, 0.25) is 0 Å². The van der Waals surface area contributed by atoms with Crippen molar-refractivity contribution < 1.29 is 4.42 Å². The van der Waals surface area contributed by atoms with Gasteiger partial charge in [-0.05, 0) is 30.3 Å². The summed E-state index contributed by atoms with van der Waals surface area (Å²) in [6.07, 6.45) is 0. The minimum Gasteiger partial charge on any atom is -0.418 e. The first kappa shape index (κ1) is 16.0. The lowest BCUT2D eigenvalue weighted by atomic mass is 10.1. The van der Waals surface area contributed by atoms with Gasteiger partial charge in [0.1, 0.15) is 11.2 Å². The second kappa shape index (κ2) is 6.21. The van der Waals surface area contributed by atoms with Crippen molar-refractivity contribution >= 4 is 37.8 Å². The maximum Gasteiger partial charge on any atom is 0.344 e. The fourth-order valence-electron chi connectivity index (χ4n) is 3.33. The summed E-state index contributed by atoms with van der Waals surface area (Å²) in [6.45, 7) is 0. The Morgan fingerprint density at radius 3 is 2.37 bits per heavy atom. The zero-order chi connectivity index (χ0) is 18.4. The Morgan fingerprint density at radius 2 is 1.59 bits per heavy atom. The van der Waals surface area contributed by atoms with E-state index in [2.05, 4.69) is 15.9 Å². The standard InChI is InChI=1S/C22H13BrN2O2/c23-15-8-6-7-14(13-15)19-21-20(25(24-19)16-9-2-1-3-10-16)17-11-4-5-12-18(17)22(26)27-21/h1-13H. The number of aromatic nitrogens is 2. The highest BCUT2D eigenvalue weighted by atomic mass is 79.9. The predicted molar refractivity (Wildman–Crippen MR) is 110 cm³/mol. The summed E-state index contributed by atoms with van der Waals surface area (Å²) in [7, 11) is 0. The number of rotatable bonds is 2. The van der Waals surface area contributed by atoms with Crippen LogP contribution in [0.3, 0.4) is 0 Å². The first-order valence-electron chi connectivity index (χ1n) is 8.48. The van der Waals surface area contributed by atoms with Crippen molar-refractivity contribution in [1.29, 1.82) is 0 Å². The molecule has 0 atom stereocenters. The zero-order valence-corrected chi connectivity index (χ0v) is 15.7. The molecule has 0 aliphatic rings.